The molecule has 2 aromatic rings. The van der Waals surface area contributed by atoms with E-state index in [1.54, 1.807) is 31.2 Å². The molecule has 2 fully saturated rings. The lowest BCUT2D eigenvalue weighted by Gasteiger charge is -2.37. The van der Waals surface area contributed by atoms with E-state index in [0.29, 0.717) is 18.4 Å². The Hall–Kier alpha value is -2.36. The van der Waals surface area contributed by atoms with Crippen LogP contribution in [0.3, 0.4) is 0 Å². The van der Waals surface area contributed by atoms with Crippen LogP contribution in [0, 0.1) is 17.6 Å². The van der Waals surface area contributed by atoms with Crippen LogP contribution in [0.4, 0.5) is 8.78 Å². The van der Waals surface area contributed by atoms with Crippen LogP contribution in [0.1, 0.15) is 47.6 Å². The Kier molecular flexibility index (Phi) is 6.83. The van der Waals surface area contributed by atoms with Gasteiger partial charge in [-0.15, -0.1) is 0 Å². The average Bonchev–Trinajstić information content (AvgIpc) is 2.75. The molecule has 2 aliphatic rings. The van der Waals surface area contributed by atoms with Crippen molar-refractivity contribution >= 4 is 16.0 Å². The molecule has 9 heteroatoms. The van der Waals surface area contributed by atoms with Crippen molar-refractivity contribution in [2.45, 2.75) is 43.5 Å². The van der Waals surface area contributed by atoms with Crippen LogP contribution in [0.25, 0.3) is 0 Å². The largest absolute Gasteiger partial charge is 0.469 e. The van der Waals surface area contributed by atoms with Crippen molar-refractivity contribution < 1.29 is 31.5 Å². The summed E-state index contributed by atoms with van der Waals surface area (Å²) in [6, 6.07) is 10.5. The summed E-state index contributed by atoms with van der Waals surface area (Å²) in [5.74, 6) is -3.47. The standard InChI is InChI=1S/C24H27F2NO5S/c1-15-8-9-22(16-6-4-3-5-7-16)33(29,30)27(15)12-17-10-21(26)19(11-20(17)25)23(24(28)31-2)18-13-32-14-18/h3-7,10-11,15,18,22-23H,8-9,12-14H2,1-2H3/t15-,22+,23?/m0/s1. The van der Waals surface area contributed by atoms with Gasteiger partial charge in [-0.3, -0.25) is 4.79 Å². The number of carbonyl (C=O) groups excluding carboxylic acids is 1. The number of hydrogen-bond donors (Lipinski definition) is 0. The van der Waals surface area contributed by atoms with Gasteiger partial charge in [0, 0.05) is 29.6 Å². The number of methoxy groups -OCH3 is 1. The van der Waals surface area contributed by atoms with Gasteiger partial charge in [0.1, 0.15) is 16.9 Å². The number of hydrogen-bond acceptors (Lipinski definition) is 5. The molecule has 0 amide bonds. The molecule has 0 saturated carbocycles. The highest BCUT2D eigenvalue weighted by Crippen LogP contribution is 2.39. The summed E-state index contributed by atoms with van der Waals surface area (Å²) in [5, 5.41) is -0.732. The van der Waals surface area contributed by atoms with Gasteiger partial charge in [-0.2, -0.15) is 4.31 Å². The van der Waals surface area contributed by atoms with Crippen LogP contribution in [-0.4, -0.2) is 45.1 Å². The number of halogens is 2. The van der Waals surface area contributed by atoms with E-state index >= 15 is 8.78 Å². The van der Waals surface area contributed by atoms with E-state index in [2.05, 4.69) is 0 Å². The van der Waals surface area contributed by atoms with Crippen LogP contribution in [-0.2, 0) is 30.8 Å². The second kappa shape index (κ2) is 9.48. The molecule has 33 heavy (non-hydrogen) atoms. The van der Waals surface area contributed by atoms with Gasteiger partial charge < -0.3 is 9.47 Å². The van der Waals surface area contributed by atoms with E-state index in [1.807, 2.05) is 6.07 Å². The first-order valence-corrected chi connectivity index (χ1v) is 12.4. The van der Waals surface area contributed by atoms with Crippen LogP contribution in [0.2, 0.25) is 0 Å². The molecule has 2 heterocycles. The SMILES string of the molecule is COC(=O)C(c1cc(F)c(CN2[C@@H](C)CC[C@H](c3ccccc3)S2(=O)=O)cc1F)C1COC1. The Labute approximate surface area is 192 Å². The number of ether oxygens (including phenoxy) is 2. The van der Waals surface area contributed by atoms with Crippen molar-refractivity contribution in [3.05, 3.63) is 70.8 Å². The van der Waals surface area contributed by atoms with Crippen molar-refractivity contribution in [1.82, 2.24) is 4.31 Å². The van der Waals surface area contributed by atoms with Crippen molar-refractivity contribution in [1.29, 1.82) is 0 Å². The minimum atomic E-state index is -3.79. The predicted molar refractivity (Wildman–Crippen MR) is 118 cm³/mol. The van der Waals surface area contributed by atoms with Crippen molar-refractivity contribution in [3.63, 3.8) is 0 Å². The van der Waals surface area contributed by atoms with Crippen LogP contribution in [0.5, 0.6) is 0 Å². The Morgan fingerprint density at radius 1 is 1.15 bits per heavy atom. The molecule has 0 aromatic heterocycles. The molecule has 1 unspecified atom stereocenters. The van der Waals surface area contributed by atoms with Gasteiger partial charge in [-0.1, -0.05) is 30.3 Å². The lowest BCUT2D eigenvalue weighted by molar-refractivity contribution is -0.149. The monoisotopic (exact) mass is 479 g/mol. The summed E-state index contributed by atoms with van der Waals surface area (Å²) in [6.07, 6.45) is 1.07. The normalized spacial score (nSPS) is 24.1. The molecule has 6 nitrogen and oxygen atoms in total. The first-order valence-electron chi connectivity index (χ1n) is 10.9. The van der Waals surface area contributed by atoms with E-state index in [1.165, 1.54) is 11.4 Å². The van der Waals surface area contributed by atoms with Gasteiger partial charge in [-0.05, 0) is 37.5 Å². The summed E-state index contributed by atoms with van der Waals surface area (Å²) in [4.78, 5) is 12.3. The number of sulfonamides is 1. The van der Waals surface area contributed by atoms with E-state index in [-0.39, 0.29) is 42.8 Å². The quantitative estimate of drug-likeness (QED) is 0.587. The number of benzene rings is 2. The lowest BCUT2D eigenvalue weighted by atomic mass is 9.84. The molecule has 0 spiro atoms. The zero-order valence-corrected chi connectivity index (χ0v) is 19.4. The molecular formula is C24H27F2NO5S. The summed E-state index contributed by atoms with van der Waals surface area (Å²) in [6.45, 7) is 2.00. The molecular weight excluding hydrogens is 452 g/mol. The summed E-state index contributed by atoms with van der Waals surface area (Å²) in [5.41, 5.74) is 0.502. The number of esters is 1. The maximum atomic E-state index is 15.1. The maximum Gasteiger partial charge on any atom is 0.313 e. The zero-order valence-electron chi connectivity index (χ0n) is 18.5. The molecule has 0 bridgehead atoms. The number of nitrogens with zero attached hydrogens (tertiary/aromatic N) is 1. The molecule has 4 rings (SSSR count). The van der Waals surface area contributed by atoms with Crippen molar-refractivity contribution in [3.8, 4) is 0 Å². The number of carbonyl (C=O) groups is 1. The first kappa shape index (κ1) is 23.8. The summed E-state index contributed by atoms with van der Waals surface area (Å²) in [7, 11) is -2.60. The third-order valence-electron chi connectivity index (χ3n) is 6.61. The number of rotatable bonds is 6. The van der Waals surface area contributed by atoms with E-state index < -0.39 is 38.8 Å². The molecule has 2 saturated heterocycles. The van der Waals surface area contributed by atoms with E-state index in [4.69, 9.17) is 9.47 Å². The molecule has 0 radical (unpaired) electrons. The molecule has 0 N–H and O–H groups in total. The third kappa shape index (κ3) is 4.54. The fraction of sp³-hybridized carbons (Fsp3) is 0.458. The van der Waals surface area contributed by atoms with Gasteiger partial charge in [-0.25, -0.2) is 17.2 Å². The maximum absolute atomic E-state index is 15.1. The van der Waals surface area contributed by atoms with E-state index in [9.17, 15) is 13.2 Å². The van der Waals surface area contributed by atoms with Crippen LogP contribution in [0.15, 0.2) is 42.5 Å². The summed E-state index contributed by atoms with van der Waals surface area (Å²) < 4.78 is 68.2. The Morgan fingerprint density at radius 3 is 2.45 bits per heavy atom. The van der Waals surface area contributed by atoms with Crippen molar-refractivity contribution in [2.24, 2.45) is 5.92 Å². The first-order chi connectivity index (χ1) is 15.7. The smallest absolute Gasteiger partial charge is 0.313 e. The topological polar surface area (TPSA) is 72.9 Å². The van der Waals surface area contributed by atoms with Gasteiger partial charge >= 0.3 is 5.97 Å². The Morgan fingerprint density at radius 2 is 1.85 bits per heavy atom. The zero-order chi connectivity index (χ0) is 23.8. The molecule has 0 aliphatic carbocycles. The van der Waals surface area contributed by atoms with Gasteiger partial charge in [0.2, 0.25) is 10.0 Å². The highest BCUT2D eigenvalue weighted by molar-refractivity contribution is 7.89. The van der Waals surface area contributed by atoms with Gasteiger partial charge in [0.05, 0.1) is 26.2 Å². The molecule has 2 aliphatic heterocycles. The average molecular weight is 480 g/mol. The van der Waals surface area contributed by atoms with Crippen LogP contribution < -0.4 is 0 Å². The minimum absolute atomic E-state index is 0.0751. The fourth-order valence-corrected chi connectivity index (χ4v) is 6.82. The second-order valence-corrected chi connectivity index (χ2v) is 10.7. The Bertz CT molecular complexity index is 1120. The lowest BCUT2D eigenvalue weighted by Crippen LogP contribution is -2.45. The van der Waals surface area contributed by atoms with E-state index in [0.717, 1.165) is 12.1 Å². The molecule has 178 valence electrons. The highest BCUT2D eigenvalue weighted by Gasteiger charge is 2.41. The van der Waals surface area contributed by atoms with Crippen LogP contribution >= 0.6 is 0 Å². The Balaban J connectivity index is 1.64. The third-order valence-corrected chi connectivity index (χ3v) is 8.98. The van der Waals surface area contributed by atoms with Crippen molar-refractivity contribution in [2.75, 3.05) is 20.3 Å². The fourth-order valence-electron chi connectivity index (χ4n) is 4.63. The summed E-state index contributed by atoms with van der Waals surface area (Å²) >= 11 is 0. The minimum Gasteiger partial charge on any atom is -0.469 e. The molecule has 3 atom stereocenters. The second-order valence-electron chi connectivity index (χ2n) is 8.68. The highest BCUT2D eigenvalue weighted by atomic mass is 32.2. The predicted octanol–water partition coefficient (Wildman–Crippen LogP) is 3.92. The molecule has 2 aromatic carbocycles. The van der Waals surface area contributed by atoms with Gasteiger partial charge in [0.15, 0.2) is 0 Å². The van der Waals surface area contributed by atoms with Gasteiger partial charge in [0.25, 0.3) is 0 Å².